The van der Waals surface area contributed by atoms with Crippen LogP contribution >= 0.6 is 0 Å². The van der Waals surface area contributed by atoms with Crippen molar-refractivity contribution in [3.05, 3.63) is 34.6 Å². The molecule has 2 rings (SSSR count). The molecule has 2 aromatic rings. The molecule has 2 N–H and O–H groups in total. The highest BCUT2D eigenvalue weighted by atomic mass is 16.2. The predicted octanol–water partition coefficient (Wildman–Crippen LogP) is -0.723. The maximum atomic E-state index is 11.7. The Morgan fingerprint density at radius 3 is 2.87 bits per heavy atom. The average Bonchev–Trinajstić information content (AvgIpc) is 2.22. The van der Waals surface area contributed by atoms with Gasteiger partial charge in [-0.05, 0) is 12.1 Å². The SMILES string of the molecule is NC(=O)Cn1nnc2ccccc2c1=O. The Balaban J connectivity index is 2.65. The number of fused-ring (bicyclic) bond motifs is 1. The molecule has 0 aliphatic heterocycles. The van der Waals surface area contributed by atoms with Crippen LogP contribution in [-0.2, 0) is 11.3 Å². The lowest BCUT2D eigenvalue weighted by atomic mass is 10.2. The maximum absolute atomic E-state index is 11.7. The smallest absolute Gasteiger partial charge is 0.278 e. The molecule has 0 aliphatic carbocycles. The fourth-order valence-corrected chi connectivity index (χ4v) is 1.27. The number of amides is 1. The molecule has 0 unspecified atom stereocenters. The van der Waals surface area contributed by atoms with Crippen molar-refractivity contribution in [1.82, 2.24) is 15.0 Å². The van der Waals surface area contributed by atoms with Gasteiger partial charge >= 0.3 is 0 Å². The van der Waals surface area contributed by atoms with E-state index in [1.807, 2.05) is 0 Å². The summed E-state index contributed by atoms with van der Waals surface area (Å²) in [6.07, 6.45) is 0. The first kappa shape index (κ1) is 9.32. The zero-order valence-corrected chi connectivity index (χ0v) is 7.75. The summed E-state index contributed by atoms with van der Waals surface area (Å²) in [5, 5.41) is 7.82. The second kappa shape index (κ2) is 3.49. The molecule has 76 valence electrons. The lowest BCUT2D eigenvalue weighted by Gasteiger charge is -2.01. The molecule has 15 heavy (non-hydrogen) atoms. The summed E-state index contributed by atoms with van der Waals surface area (Å²) >= 11 is 0. The van der Waals surface area contributed by atoms with Crippen LogP contribution in [0, 0.1) is 0 Å². The number of aromatic nitrogens is 3. The number of carbonyl (C=O) groups excluding carboxylic acids is 1. The van der Waals surface area contributed by atoms with Gasteiger partial charge in [-0.25, -0.2) is 4.68 Å². The number of hydrogen-bond donors (Lipinski definition) is 1. The summed E-state index contributed by atoms with van der Waals surface area (Å²) in [5.41, 5.74) is 5.11. The normalized spacial score (nSPS) is 10.4. The largest absolute Gasteiger partial charge is 0.368 e. The van der Waals surface area contributed by atoms with E-state index in [2.05, 4.69) is 10.3 Å². The molecule has 6 heteroatoms. The minimum atomic E-state index is -0.623. The molecule has 0 radical (unpaired) electrons. The molecule has 6 nitrogen and oxygen atoms in total. The van der Waals surface area contributed by atoms with Crippen molar-refractivity contribution in [1.29, 1.82) is 0 Å². The third kappa shape index (κ3) is 1.69. The van der Waals surface area contributed by atoms with Gasteiger partial charge in [0.05, 0.1) is 5.39 Å². The van der Waals surface area contributed by atoms with Crippen LogP contribution in [0.4, 0.5) is 0 Å². The van der Waals surface area contributed by atoms with Crippen LogP contribution in [0.3, 0.4) is 0 Å². The van der Waals surface area contributed by atoms with Gasteiger partial charge in [0.2, 0.25) is 5.91 Å². The van der Waals surface area contributed by atoms with Crippen molar-refractivity contribution in [3.63, 3.8) is 0 Å². The lowest BCUT2D eigenvalue weighted by molar-refractivity contribution is -0.118. The van der Waals surface area contributed by atoms with Crippen LogP contribution in [0.5, 0.6) is 0 Å². The zero-order chi connectivity index (χ0) is 10.8. The minimum absolute atomic E-state index is 0.253. The molecule has 1 heterocycles. The van der Waals surface area contributed by atoms with Gasteiger partial charge in [-0.1, -0.05) is 17.3 Å². The second-order valence-corrected chi connectivity index (χ2v) is 3.04. The topological polar surface area (TPSA) is 90.9 Å². The Kier molecular flexibility index (Phi) is 2.17. The number of benzene rings is 1. The third-order valence-corrected chi connectivity index (χ3v) is 1.93. The summed E-state index contributed by atoms with van der Waals surface area (Å²) in [6, 6.07) is 6.79. The van der Waals surface area contributed by atoms with E-state index < -0.39 is 5.91 Å². The summed E-state index contributed by atoms with van der Waals surface area (Å²) in [6.45, 7) is -0.253. The summed E-state index contributed by atoms with van der Waals surface area (Å²) in [4.78, 5) is 22.4. The number of rotatable bonds is 2. The number of nitrogens with two attached hydrogens (primary N) is 1. The number of hydrogen-bond acceptors (Lipinski definition) is 4. The van der Waals surface area contributed by atoms with Crippen LogP contribution in [-0.4, -0.2) is 20.9 Å². The van der Waals surface area contributed by atoms with E-state index in [0.717, 1.165) is 4.68 Å². The standard InChI is InChI=1S/C9H8N4O2/c10-8(14)5-13-9(15)6-3-1-2-4-7(6)11-12-13/h1-4H,5H2,(H2,10,14). The van der Waals surface area contributed by atoms with Crippen LogP contribution in [0.15, 0.2) is 29.1 Å². The summed E-state index contributed by atoms with van der Waals surface area (Å²) < 4.78 is 0.949. The van der Waals surface area contributed by atoms with E-state index in [4.69, 9.17) is 5.73 Å². The van der Waals surface area contributed by atoms with Crippen molar-refractivity contribution in [2.24, 2.45) is 5.73 Å². The second-order valence-electron chi connectivity index (χ2n) is 3.04. The van der Waals surface area contributed by atoms with E-state index in [-0.39, 0.29) is 12.1 Å². The maximum Gasteiger partial charge on any atom is 0.278 e. The van der Waals surface area contributed by atoms with Crippen LogP contribution in [0.2, 0.25) is 0 Å². The first-order valence-electron chi connectivity index (χ1n) is 4.29. The van der Waals surface area contributed by atoms with E-state index in [1.165, 1.54) is 0 Å². The lowest BCUT2D eigenvalue weighted by Crippen LogP contribution is -2.30. The average molecular weight is 204 g/mol. The van der Waals surface area contributed by atoms with Gasteiger partial charge in [-0.2, -0.15) is 0 Å². The molecule has 0 bridgehead atoms. The summed E-state index contributed by atoms with van der Waals surface area (Å²) in [5.74, 6) is -0.623. The molecule has 0 saturated carbocycles. The highest BCUT2D eigenvalue weighted by molar-refractivity contribution is 5.77. The molecule has 0 atom stereocenters. The first-order valence-corrected chi connectivity index (χ1v) is 4.29. The van der Waals surface area contributed by atoms with Crippen molar-refractivity contribution in [2.45, 2.75) is 6.54 Å². The Hall–Kier alpha value is -2.24. The fraction of sp³-hybridized carbons (Fsp3) is 0.111. The monoisotopic (exact) mass is 204 g/mol. The van der Waals surface area contributed by atoms with Crippen LogP contribution < -0.4 is 11.3 Å². The van der Waals surface area contributed by atoms with E-state index >= 15 is 0 Å². The fourth-order valence-electron chi connectivity index (χ4n) is 1.27. The molecule has 0 spiro atoms. The highest BCUT2D eigenvalue weighted by Crippen LogP contribution is 2.02. The van der Waals surface area contributed by atoms with E-state index in [1.54, 1.807) is 24.3 Å². The zero-order valence-electron chi connectivity index (χ0n) is 7.75. The van der Waals surface area contributed by atoms with Crippen molar-refractivity contribution < 1.29 is 4.79 Å². The molecule has 0 saturated heterocycles. The van der Waals surface area contributed by atoms with Gasteiger partial charge in [-0.15, -0.1) is 5.10 Å². The molecular weight excluding hydrogens is 196 g/mol. The van der Waals surface area contributed by atoms with E-state index in [0.29, 0.717) is 10.9 Å². The quantitative estimate of drug-likeness (QED) is 0.698. The van der Waals surface area contributed by atoms with Gasteiger partial charge < -0.3 is 5.73 Å². The van der Waals surface area contributed by atoms with Crippen molar-refractivity contribution in [2.75, 3.05) is 0 Å². The van der Waals surface area contributed by atoms with Gasteiger partial charge in [0, 0.05) is 0 Å². The number of primary amides is 1. The Labute approximate surface area is 84.3 Å². The van der Waals surface area contributed by atoms with Gasteiger partial charge in [0.1, 0.15) is 12.1 Å². The molecule has 0 fully saturated rings. The molecule has 0 aliphatic rings. The van der Waals surface area contributed by atoms with Crippen molar-refractivity contribution in [3.8, 4) is 0 Å². The van der Waals surface area contributed by atoms with Crippen LogP contribution in [0.25, 0.3) is 10.9 Å². The summed E-state index contributed by atoms with van der Waals surface area (Å²) in [7, 11) is 0. The van der Waals surface area contributed by atoms with E-state index in [9.17, 15) is 9.59 Å². The third-order valence-electron chi connectivity index (χ3n) is 1.93. The van der Waals surface area contributed by atoms with Gasteiger partial charge in [0.15, 0.2) is 0 Å². The van der Waals surface area contributed by atoms with Crippen molar-refractivity contribution >= 4 is 16.8 Å². The first-order chi connectivity index (χ1) is 7.18. The molecule has 1 amide bonds. The Morgan fingerprint density at radius 1 is 1.40 bits per heavy atom. The van der Waals surface area contributed by atoms with Gasteiger partial charge in [-0.3, -0.25) is 9.59 Å². The van der Waals surface area contributed by atoms with Gasteiger partial charge in [0.25, 0.3) is 5.56 Å². The molecular formula is C9H8N4O2. The van der Waals surface area contributed by atoms with Crippen LogP contribution in [0.1, 0.15) is 0 Å². The Morgan fingerprint density at radius 2 is 2.13 bits per heavy atom. The predicted molar refractivity (Wildman–Crippen MR) is 53.0 cm³/mol. The minimum Gasteiger partial charge on any atom is -0.368 e. The number of nitrogens with zero attached hydrogens (tertiary/aromatic N) is 3. The molecule has 1 aromatic carbocycles. The highest BCUT2D eigenvalue weighted by Gasteiger charge is 2.06. The Bertz CT molecular complexity index is 576. The molecule has 1 aromatic heterocycles. The number of carbonyl (C=O) groups is 1.